The summed E-state index contributed by atoms with van der Waals surface area (Å²) >= 11 is -2.50. The monoisotopic (exact) mass is 496 g/mol. The summed E-state index contributed by atoms with van der Waals surface area (Å²) in [4.78, 5) is 0. The molecule has 29 heavy (non-hydrogen) atoms. The van der Waals surface area contributed by atoms with Crippen LogP contribution in [0.2, 0.25) is 95.7 Å². The molecule has 2 rings (SSSR count). The van der Waals surface area contributed by atoms with Crippen molar-refractivity contribution in [3.63, 3.8) is 0 Å². The summed E-state index contributed by atoms with van der Waals surface area (Å²) < 4.78 is 0.747. The third kappa shape index (κ3) is 4.04. The van der Waals surface area contributed by atoms with Gasteiger partial charge in [0.1, 0.15) is 0 Å². The molecule has 0 nitrogen and oxygen atoms in total. The Morgan fingerprint density at radius 1 is 0.552 bits per heavy atom. The van der Waals surface area contributed by atoms with Gasteiger partial charge in [0, 0.05) is 0 Å². The maximum absolute atomic E-state index is 2.86. The van der Waals surface area contributed by atoms with E-state index in [1.54, 1.807) is 10.4 Å². The van der Waals surface area contributed by atoms with Crippen LogP contribution in [0.15, 0.2) is 46.8 Å². The molecule has 0 amide bonds. The van der Waals surface area contributed by atoms with E-state index in [4.69, 9.17) is 0 Å². The second-order valence-corrected chi connectivity index (χ2v) is 44.3. The van der Waals surface area contributed by atoms with Gasteiger partial charge in [-0.3, -0.25) is 0 Å². The molecule has 0 saturated carbocycles. The molecular formula is C24H48Si4Ti. The third-order valence-corrected chi connectivity index (χ3v) is 37.4. The van der Waals surface area contributed by atoms with Gasteiger partial charge in [-0.1, -0.05) is 0 Å². The van der Waals surface area contributed by atoms with Crippen molar-refractivity contribution in [1.82, 2.24) is 0 Å². The molecule has 0 aromatic carbocycles. The molecule has 0 spiro atoms. The fourth-order valence-electron chi connectivity index (χ4n) is 5.99. The Morgan fingerprint density at radius 3 is 1.00 bits per heavy atom. The fraction of sp³-hybridized carbons (Fsp3) is 0.667. The molecular weight excluding hydrogens is 448 g/mol. The van der Waals surface area contributed by atoms with E-state index in [1.165, 1.54) is 0 Å². The van der Waals surface area contributed by atoms with Crippen molar-refractivity contribution < 1.29 is 16.6 Å². The molecule has 0 radical (unpaired) electrons. The summed E-state index contributed by atoms with van der Waals surface area (Å²) in [6.07, 6.45) is 16.4. The van der Waals surface area contributed by atoms with Crippen molar-refractivity contribution in [3.8, 4) is 0 Å². The average Bonchev–Trinajstić information content (AvgIpc) is 3.11. The normalized spacial score (nSPS) is 28.8. The predicted molar refractivity (Wildman–Crippen MR) is 145 cm³/mol. The van der Waals surface area contributed by atoms with E-state index in [0.717, 1.165) is 0 Å². The molecule has 164 valence electrons. The molecule has 0 aromatic heterocycles. The predicted octanol–water partition coefficient (Wildman–Crippen LogP) is 9.06. The zero-order valence-electron chi connectivity index (χ0n) is 22.0. The van der Waals surface area contributed by atoms with E-state index in [1.807, 2.05) is 0 Å². The number of hydrogen-bond donors (Lipinski definition) is 0. The molecule has 0 aromatic rings. The fourth-order valence-corrected chi connectivity index (χ4v) is 39.3. The van der Waals surface area contributed by atoms with Crippen LogP contribution >= 0.6 is 0 Å². The van der Waals surface area contributed by atoms with Crippen LogP contribution in [0.4, 0.5) is 0 Å². The molecule has 0 saturated heterocycles. The molecule has 0 aliphatic heterocycles. The van der Waals surface area contributed by atoms with Crippen LogP contribution in [0.3, 0.4) is 0 Å². The molecule has 2 atom stereocenters. The molecule has 2 unspecified atom stereocenters. The van der Waals surface area contributed by atoms with E-state index in [0.29, 0.717) is 6.69 Å². The summed E-state index contributed by atoms with van der Waals surface area (Å²) in [6, 6.07) is 0. The van der Waals surface area contributed by atoms with Crippen LogP contribution in [0, 0.1) is 0 Å². The molecule has 2 aliphatic rings. The van der Waals surface area contributed by atoms with Crippen LogP contribution < -0.4 is 0 Å². The Balaban J connectivity index is 2.85. The first-order chi connectivity index (χ1) is 12.6. The summed E-state index contributed by atoms with van der Waals surface area (Å²) in [5.41, 5.74) is 0. The number of hydrogen-bond acceptors (Lipinski definition) is 0. The van der Waals surface area contributed by atoms with Crippen molar-refractivity contribution in [3.05, 3.63) is 46.8 Å². The van der Waals surface area contributed by atoms with Crippen molar-refractivity contribution >= 4 is 32.3 Å². The zero-order chi connectivity index (χ0) is 22.9. The van der Waals surface area contributed by atoms with Crippen molar-refractivity contribution in [1.29, 1.82) is 0 Å². The molecule has 2 aliphatic carbocycles. The van der Waals surface area contributed by atoms with Crippen molar-refractivity contribution in [2.24, 2.45) is 0 Å². The van der Waals surface area contributed by atoms with Gasteiger partial charge in [-0.2, -0.15) is 0 Å². The summed E-state index contributed by atoms with van der Waals surface area (Å²) in [6.45, 7) is 31.0. The van der Waals surface area contributed by atoms with E-state index in [-0.39, 0.29) is 0 Å². The van der Waals surface area contributed by atoms with Crippen molar-refractivity contribution in [2.45, 2.75) is 95.7 Å². The van der Waals surface area contributed by atoms with Crippen LogP contribution in [0.5, 0.6) is 0 Å². The number of rotatable bonds is 6. The summed E-state index contributed by atoms with van der Waals surface area (Å²) in [5.74, 6) is 0. The van der Waals surface area contributed by atoms with Crippen molar-refractivity contribution in [2.75, 3.05) is 0 Å². The third-order valence-electron chi connectivity index (χ3n) is 8.10. The van der Waals surface area contributed by atoms with E-state index < -0.39 is 48.9 Å². The van der Waals surface area contributed by atoms with Gasteiger partial charge in [0.15, 0.2) is 0 Å². The first-order valence-corrected chi connectivity index (χ1v) is 30.2. The van der Waals surface area contributed by atoms with E-state index >= 15 is 0 Å². The summed E-state index contributed by atoms with van der Waals surface area (Å²) in [5, 5.41) is 9.03. The van der Waals surface area contributed by atoms with Crippen LogP contribution in [-0.4, -0.2) is 32.3 Å². The molecule has 0 heterocycles. The van der Waals surface area contributed by atoms with E-state index in [2.05, 4.69) is 125 Å². The Bertz CT molecular complexity index is 723. The van der Waals surface area contributed by atoms with Gasteiger partial charge in [0.2, 0.25) is 0 Å². The van der Waals surface area contributed by atoms with Gasteiger partial charge >= 0.3 is 191 Å². The first kappa shape index (κ1) is 25.8. The maximum atomic E-state index is 2.86. The second-order valence-electron chi connectivity index (χ2n) is 14.2. The van der Waals surface area contributed by atoms with Gasteiger partial charge in [-0.25, -0.2) is 0 Å². The van der Waals surface area contributed by atoms with Crippen LogP contribution in [-0.2, 0) is 16.6 Å². The Morgan fingerprint density at radius 2 is 0.828 bits per heavy atom. The first-order valence-electron chi connectivity index (χ1n) is 11.5. The number of allylic oxidation sites excluding steroid dienone is 8. The topological polar surface area (TPSA) is 0 Å². The second kappa shape index (κ2) is 7.28. The Hall–Kier alpha value is 0.542. The SMILES string of the molecule is C[Si](C)(C)C1=C[C]([Si](C)(C)C)([Ti]([CH3])([CH3])[C]2([Si](C)(C)C)C=CC([Si](C)(C)C)=C2)C=C1. The van der Waals surface area contributed by atoms with Gasteiger partial charge in [-0.05, 0) is 0 Å². The zero-order valence-corrected chi connectivity index (χ0v) is 27.5. The van der Waals surface area contributed by atoms with Gasteiger partial charge < -0.3 is 0 Å². The quantitative estimate of drug-likeness (QED) is 0.322. The Labute approximate surface area is 190 Å². The Kier molecular flexibility index (Phi) is 6.47. The van der Waals surface area contributed by atoms with Gasteiger partial charge in [0.25, 0.3) is 0 Å². The van der Waals surface area contributed by atoms with Gasteiger partial charge in [-0.15, -0.1) is 0 Å². The van der Waals surface area contributed by atoms with E-state index in [9.17, 15) is 0 Å². The standard InChI is InChI=1S/2C11H21Si2.2CH3.Ti/c2*1-12(2,3)10-7-8-11(9-10)13(4,5)6;;;/h2*7-9H,1-6H3;2*1H3;. The molecule has 0 bridgehead atoms. The van der Waals surface area contributed by atoms with Gasteiger partial charge in [0.05, 0.1) is 0 Å². The summed E-state index contributed by atoms with van der Waals surface area (Å²) in [7, 11) is -5.58. The molecule has 5 heteroatoms. The average molecular weight is 497 g/mol. The van der Waals surface area contributed by atoms with Crippen LogP contribution in [0.1, 0.15) is 0 Å². The molecule has 0 N–H and O–H groups in total. The minimum atomic E-state index is -2.50. The van der Waals surface area contributed by atoms with Crippen LogP contribution in [0.25, 0.3) is 0 Å². The minimum absolute atomic E-state index is 0.374. The molecule has 0 fully saturated rings.